The topological polar surface area (TPSA) is 32.3 Å². The summed E-state index contributed by atoms with van der Waals surface area (Å²) in [6.07, 6.45) is 3.06. The van der Waals surface area contributed by atoms with Gasteiger partial charge in [-0.1, -0.05) is 26.0 Å². The second kappa shape index (κ2) is 6.01. The van der Waals surface area contributed by atoms with Gasteiger partial charge in [0.15, 0.2) is 0 Å². The van der Waals surface area contributed by atoms with Crippen LogP contribution in [0.2, 0.25) is 0 Å². The van der Waals surface area contributed by atoms with Crippen LogP contribution in [0.3, 0.4) is 0 Å². The van der Waals surface area contributed by atoms with E-state index in [2.05, 4.69) is 36.5 Å². The van der Waals surface area contributed by atoms with Crippen molar-refractivity contribution in [1.29, 1.82) is 0 Å². The van der Waals surface area contributed by atoms with E-state index in [1.165, 1.54) is 5.56 Å². The Labute approximate surface area is 109 Å². The molecule has 1 aliphatic rings. The first-order valence-electron chi connectivity index (χ1n) is 6.90. The monoisotopic (exact) mass is 246 g/mol. The van der Waals surface area contributed by atoms with E-state index in [-0.39, 0.29) is 11.9 Å². The molecule has 0 aromatic heterocycles. The maximum Gasteiger partial charge on any atom is 0.244 e. The van der Waals surface area contributed by atoms with E-state index < -0.39 is 0 Å². The average molecular weight is 246 g/mol. The van der Waals surface area contributed by atoms with E-state index in [4.69, 9.17) is 0 Å². The number of nitrogens with one attached hydrogen (secondary N) is 1. The largest absolute Gasteiger partial charge is 0.311 e. The van der Waals surface area contributed by atoms with Crippen LogP contribution in [0.4, 0.5) is 5.69 Å². The van der Waals surface area contributed by atoms with Crippen LogP contribution in [-0.4, -0.2) is 25.0 Å². The Morgan fingerprint density at radius 3 is 2.61 bits per heavy atom. The fourth-order valence-electron chi connectivity index (χ4n) is 2.48. The molecule has 0 radical (unpaired) electrons. The maximum absolute atomic E-state index is 12.3. The number of hydrogen-bond donors (Lipinski definition) is 1. The molecule has 18 heavy (non-hydrogen) atoms. The summed E-state index contributed by atoms with van der Waals surface area (Å²) in [5.41, 5.74) is 2.34. The Morgan fingerprint density at radius 2 is 2.00 bits per heavy atom. The molecular formula is C15H22N2O. The second-order valence-electron chi connectivity index (χ2n) is 4.76. The molecule has 0 bridgehead atoms. The van der Waals surface area contributed by atoms with Crippen molar-refractivity contribution in [1.82, 2.24) is 5.32 Å². The van der Waals surface area contributed by atoms with Gasteiger partial charge in [-0.25, -0.2) is 0 Å². The van der Waals surface area contributed by atoms with E-state index in [0.29, 0.717) is 0 Å². The van der Waals surface area contributed by atoms with Gasteiger partial charge in [0.1, 0.15) is 0 Å². The molecule has 1 unspecified atom stereocenters. The zero-order valence-corrected chi connectivity index (χ0v) is 11.3. The molecule has 2 rings (SSSR count). The van der Waals surface area contributed by atoms with Crippen molar-refractivity contribution in [2.24, 2.45) is 0 Å². The summed E-state index contributed by atoms with van der Waals surface area (Å²) in [6, 6.07) is 8.34. The Hall–Kier alpha value is -1.35. The highest BCUT2D eigenvalue weighted by Gasteiger charge is 2.28. The number of anilines is 1. The fraction of sp³-hybridized carbons (Fsp3) is 0.533. The smallest absolute Gasteiger partial charge is 0.244 e. The Morgan fingerprint density at radius 1 is 1.28 bits per heavy atom. The number of piperidine rings is 1. The predicted octanol–water partition coefficient (Wildman–Crippen LogP) is 2.35. The van der Waals surface area contributed by atoms with Gasteiger partial charge in [-0.2, -0.15) is 0 Å². The molecule has 1 aromatic rings. The summed E-state index contributed by atoms with van der Waals surface area (Å²) < 4.78 is 0. The minimum Gasteiger partial charge on any atom is -0.311 e. The van der Waals surface area contributed by atoms with Crippen LogP contribution in [0.1, 0.15) is 32.3 Å². The van der Waals surface area contributed by atoms with E-state index in [0.717, 1.165) is 38.0 Å². The maximum atomic E-state index is 12.3. The molecule has 1 aliphatic heterocycles. The normalized spacial score (nSPS) is 20.2. The van der Waals surface area contributed by atoms with Crippen molar-refractivity contribution in [3.8, 4) is 0 Å². The molecule has 3 nitrogen and oxygen atoms in total. The number of amides is 1. The number of hydrogen-bond acceptors (Lipinski definition) is 2. The van der Waals surface area contributed by atoms with Gasteiger partial charge in [-0.3, -0.25) is 4.79 Å². The lowest BCUT2D eigenvalue weighted by Crippen LogP contribution is -2.50. The molecule has 3 heteroatoms. The highest BCUT2D eigenvalue weighted by molar-refractivity contribution is 5.97. The standard InChI is InChI=1S/C15H22N2O/c1-3-12-7-9-13(10-8-12)17-11-5-6-14(15(17)18)16-4-2/h7-10,14,16H,3-6,11H2,1-2H3. The van der Waals surface area contributed by atoms with Gasteiger partial charge in [0.25, 0.3) is 0 Å². The van der Waals surface area contributed by atoms with Crippen LogP contribution in [0, 0.1) is 0 Å². The van der Waals surface area contributed by atoms with Gasteiger partial charge >= 0.3 is 0 Å². The first-order valence-corrected chi connectivity index (χ1v) is 6.90. The molecule has 1 aromatic carbocycles. The number of aryl methyl sites for hydroxylation is 1. The molecule has 1 N–H and O–H groups in total. The summed E-state index contributed by atoms with van der Waals surface area (Å²) in [6.45, 7) is 5.87. The Balaban J connectivity index is 2.13. The third-order valence-electron chi connectivity index (χ3n) is 3.55. The third-order valence-corrected chi connectivity index (χ3v) is 3.55. The summed E-state index contributed by atoms with van der Waals surface area (Å²) >= 11 is 0. The van der Waals surface area contributed by atoms with Gasteiger partial charge in [0.05, 0.1) is 6.04 Å². The summed E-state index contributed by atoms with van der Waals surface area (Å²) in [7, 11) is 0. The minimum absolute atomic E-state index is 0.00500. The van der Waals surface area contributed by atoms with Crippen molar-refractivity contribution in [2.75, 3.05) is 18.0 Å². The fourth-order valence-corrected chi connectivity index (χ4v) is 2.48. The zero-order valence-electron chi connectivity index (χ0n) is 11.3. The first-order chi connectivity index (χ1) is 8.76. The highest BCUT2D eigenvalue weighted by atomic mass is 16.2. The van der Waals surface area contributed by atoms with E-state index in [1.807, 2.05) is 11.8 Å². The molecule has 1 heterocycles. The molecule has 0 aliphatic carbocycles. The summed E-state index contributed by atoms with van der Waals surface area (Å²) in [4.78, 5) is 14.2. The molecular weight excluding hydrogens is 224 g/mol. The molecule has 0 spiro atoms. The van der Waals surface area contributed by atoms with Crippen LogP contribution >= 0.6 is 0 Å². The number of nitrogens with zero attached hydrogens (tertiary/aromatic N) is 1. The molecule has 1 amide bonds. The lowest BCUT2D eigenvalue weighted by Gasteiger charge is -2.32. The van der Waals surface area contributed by atoms with Crippen molar-refractivity contribution < 1.29 is 4.79 Å². The molecule has 1 atom stereocenters. The van der Waals surface area contributed by atoms with Crippen LogP contribution < -0.4 is 10.2 Å². The van der Waals surface area contributed by atoms with Crippen LogP contribution in [0.25, 0.3) is 0 Å². The quantitative estimate of drug-likeness (QED) is 0.884. The lowest BCUT2D eigenvalue weighted by molar-refractivity contribution is -0.121. The average Bonchev–Trinajstić information content (AvgIpc) is 2.42. The van der Waals surface area contributed by atoms with Gasteiger partial charge in [0.2, 0.25) is 5.91 Å². The van der Waals surface area contributed by atoms with E-state index in [1.54, 1.807) is 0 Å². The van der Waals surface area contributed by atoms with Crippen molar-refractivity contribution in [3.63, 3.8) is 0 Å². The Kier molecular flexibility index (Phi) is 4.37. The number of rotatable bonds is 4. The van der Waals surface area contributed by atoms with Gasteiger partial charge < -0.3 is 10.2 Å². The van der Waals surface area contributed by atoms with Crippen molar-refractivity contribution in [3.05, 3.63) is 29.8 Å². The number of benzene rings is 1. The highest BCUT2D eigenvalue weighted by Crippen LogP contribution is 2.21. The van der Waals surface area contributed by atoms with Gasteiger partial charge in [0, 0.05) is 12.2 Å². The molecule has 1 fully saturated rings. The first kappa shape index (κ1) is 13.1. The number of likely N-dealkylation sites (N-methyl/N-ethyl adjacent to an activating group) is 1. The van der Waals surface area contributed by atoms with E-state index >= 15 is 0 Å². The number of carbonyl (C=O) groups excluding carboxylic acids is 1. The minimum atomic E-state index is -0.00500. The van der Waals surface area contributed by atoms with Gasteiger partial charge in [-0.15, -0.1) is 0 Å². The van der Waals surface area contributed by atoms with Crippen molar-refractivity contribution in [2.45, 2.75) is 39.2 Å². The predicted molar refractivity (Wildman–Crippen MR) is 74.9 cm³/mol. The summed E-state index contributed by atoms with van der Waals surface area (Å²) in [5.74, 6) is 0.215. The summed E-state index contributed by atoms with van der Waals surface area (Å²) in [5, 5.41) is 3.27. The third kappa shape index (κ3) is 2.72. The van der Waals surface area contributed by atoms with Gasteiger partial charge in [-0.05, 0) is 43.5 Å². The van der Waals surface area contributed by atoms with E-state index in [9.17, 15) is 4.79 Å². The van der Waals surface area contributed by atoms with Crippen LogP contribution in [0.15, 0.2) is 24.3 Å². The second-order valence-corrected chi connectivity index (χ2v) is 4.76. The SMILES string of the molecule is CCNC1CCCN(c2ccc(CC)cc2)C1=O. The zero-order chi connectivity index (χ0) is 13.0. The Bertz CT molecular complexity index is 397. The number of carbonyl (C=O) groups is 1. The lowest BCUT2D eigenvalue weighted by atomic mass is 10.0. The van der Waals surface area contributed by atoms with Crippen molar-refractivity contribution >= 4 is 11.6 Å². The molecule has 98 valence electrons. The molecule has 0 saturated carbocycles. The molecule has 1 saturated heterocycles. The van der Waals surface area contributed by atoms with Crippen LogP contribution in [0.5, 0.6) is 0 Å². The van der Waals surface area contributed by atoms with Crippen LogP contribution in [-0.2, 0) is 11.2 Å².